The molecule has 1 rings (SSSR count). The van der Waals surface area contributed by atoms with E-state index in [4.69, 9.17) is 0 Å². The van der Waals surface area contributed by atoms with Crippen LogP contribution < -0.4 is 10.6 Å². The smallest absolute Gasteiger partial charge is 0.271 e. The van der Waals surface area contributed by atoms with E-state index in [2.05, 4.69) is 30.6 Å². The van der Waals surface area contributed by atoms with Crippen LogP contribution in [0.3, 0.4) is 0 Å². The summed E-state index contributed by atoms with van der Waals surface area (Å²) in [5, 5.41) is 14.0. The van der Waals surface area contributed by atoms with Crippen LogP contribution >= 0.6 is 0 Å². The molecule has 1 amide bonds. The number of aromatic nitrogens is 2. The van der Waals surface area contributed by atoms with Crippen molar-refractivity contribution in [2.45, 2.75) is 12.8 Å². The molecule has 0 fully saturated rings. The minimum absolute atomic E-state index is 0.176. The maximum absolute atomic E-state index is 11.9. The standard InChI is InChI=1S/C15H28N6O/c1-20(2)11-5-9-16-14-8-7-13(18-19-14)15(22)17-10-6-12-21(3)4/h7-8H,5-6,9-12H2,1-4H3,(H,16,19)(H,17,22). The van der Waals surface area contributed by atoms with Crippen molar-refractivity contribution in [1.82, 2.24) is 25.3 Å². The summed E-state index contributed by atoms with van der Waals surface area (Å²) in [6.07, 6.45) is 1.94. The molecule has 1 aromatic heterocycles. The van der Waals surface area contributed by atoms with Crippen LogP contribution in [0.4, 0.5) is 5.82 Å². The molecule has 0 aliphatic heterocycles. The Morgan fingerprint density at radius 3 is 2.18 bits per heavy atom. The van der Waals surface area contributed by atoms with Gasteiger partial charge in [0.1, 0.15) is 5.82 Å². The van der Waals surface area contributed by atoms with E-state index in [-0.39, 0.29) is 5.91 Å². The molecule has 0 saturated heterocycles. The average molecular weight is 308 g/mol. The van der Waals surface area contributed by atoms with Crippen LogP contribution in [-0.4, -0.2) is 80.3 Å². The van der Waals surface area contributed by atoms with Gasteiger partial charge in [-0.3, -0.25) is 4.79 Å². The minimum Gasteiger partial charge on any atom is -0.369 e. The van der Waals surface area contributed by atoms with E-state index in [1.807, 2.05) is 28.2 Å². The Kier molecular flexibility index (Phi) is 8.39. The highest BCUT2D eigenvalue weighted by molar-refractivity contribution is 5.92. The van der Waals surface area contributed by atoms with Gasteiger partial charge >= 0.3 is 0 Å². The number of hydrogen-bond donors (Lipinski definition) is 2. The van der Waals surface area contributed by atoms with Gasteiger partial charge in [-0.2, -0.15) is 0 Å². The van der Waals surface area contributed by atoms with Gasteiger partial charge in [0, 0.05) is 13.1 Å². The molecule has 0 aliphatic carbocycles. The Balaban J connectivity index is 2.29. The maximum atomic E-state index is 11.9. The van der Waals surface area contributed by atoms with Crippen LogP contribution in [0.5, 0.6) is 0 Å². The zero-order chi connectivity index (χ0) is 16.4. The summed E-state index contributed by atoms with van der Waals surface area (Å²) in [4.78, 5) is 16.1. The first kappa shape index (κ1) is 18.3. The van der Waals surface area contributed by atoms with Crippen molar-refractivity contribution >= 4 is 11.7 Å². The fraction of sp³-hybridized carbons (Fsp3) is 0.667. The van der Waals surface area contributed by atoms with Crippen LogP contribution in [0.15, 0.2) is 12.1 Å². The molecule has 7 heteroatoms. The third kappa shape index (κ3) is 7.90. The van der Waals surface area contributed by atoms with E-state index in [0.717, 1.165) is 32.5 Å². The van der Waals surface area contributed by atoms with E-state index >= 15 is 0 Å². The molecule has 2 N–H and O–H groups in total. The van der Waals surface area contributed by atoms with Gasteiger partial charge in [0.15, 0.2) is 5.69 Å². The normalized spacial score (nSPS) is 11.0. The molecule has 1 aromatic rings. The van der Waals surface area contributed by atoms with Crippen LogP contribution in [0.2, 0.25) is 0 Å². The van der Waals surface area contributed by atoms with Crippen LogP contribution in [0.1, 0.15) is 23.3 Å². The average Bonchev–Trinajstić information content (AvgIpc) is 2.48. The fourth-order valence-corrected chi connectivity index (χ4v) is 1.85. The number of anilines is 1. The first-order valence-electron chi connectivity index (χ1n) is 7.64. The molecule has 0 spiro atoms. The summed E-state index contributed by atoms with van der Waals surface area (Å²) >= 11 is 0. The van der Waals surface area contributed by atoms with Crippen molar-refractivity contribution in [3.63, 3.8) is 0 Å². The molecule has 0 aliphatic rings. The summed E-state index contributed by atoms with van der Waals surface area (Å²) in [7, 11) is 8.12. The second-order valence-corrected chi connectivity index (χ2v) is 5.80. The number of carbonyl (C=O) groups excluding carboxylic acids is 1. The Morgan fingerprint density at radius 2 is 1.64 bits per heavy atom. The van der Waals surface area contributed by atoms with Crippen molar-refractivity contribution in [1.29, 1.82) is 0 Å². The van der Waals surface area contributed by atoms with Crippen molar-refractivity contribution in [3.05, 3.63) is 17.8 Å². The number of nitrogens with zero attached hydrogens (tertiary/aromatic N) is 4. The molecule has 0 radical (unpaired) electrons. The predicted octanol–water partition coefficient (Wildman–Crippen LogP) is 0.522. The SMILES string of the molecule is CN(C)CCCNC(=O)c1ccc(NCCCN(C)C)nn1. The largest absolute Gasteiger partial charge is 0.369 e. The molecule has 0 saturated carbocycles. The van der Waals surface area contributed by atoms with E-state index < -0.39 is 0 Å². The number of nitrogens with one attached hydrogen (secondary N) is 2. The number of carbonyl (C=O) groups is 1. The molecule has 0 aromatic carbocycles. The fourth-order valence-electron chi connectivity index (χ4n) is 1.85. The molecule has 0 atom stereocenters. The summed E-state index contributed by atoms with van der Waals surface area (Å²) < 4.78 is 0. The van der Waals surface area contributed by atoms with Crippen molar-refractivity contribution in [2.24, 2.45) is 0 Å². The Hall–Kier alpha value is -1.73. The van der Waals surface area contributed by atoms with Crippen LogP contribution in [0, 0.1) is 0 Å². The second kappa shape index (κ2) is 10.1. The number of amides is 1. The lowest BCUT2D eigenvalue weighted by Gasteiger charge is -2.10. The van der Waals surface area contributed by atoms with E-state index in [1.165, 1.54) is 0 Å². The molecule has 1 heterocycles. The highest BCUT2D eigenvalue weighted by atomic mass is 16.1. The molecule has 124 valence electrons. The third-order valence-electron chi connectivity index (χ3n) is 3.05. The van der Waals surface area contributed by atoms with Crippen LogP contribution in [0.25, 0.3) is 0 Å². The van der Waals surface area contributed by atoms with Crippen molar-refractivity contribution in [3.8, 4) is 0 Å². The molecular formula is C15H28N6O. The van der Waals surface area contributed by atoms with Crippen molar-refractivity contribution in [2.75, 3.05) is 59.7 Å². The summed E-state index contributed by atoms with van der Waals surface area (Å²) in [6, 6.07) is 3.49. The Morgan fingerprint density at radius 1 is 1.00 bits per heavy atom. The molecule has 7 nitrogen and oxygen atoms in total. The third-order valence-corrected chi connectivity index (χ3v) is 3.05. The van der Waals surface area contributed by atoms with Gasteiger partial charge in [-0.25, -0.2) is 0 Å². The number of rotatable bonds is 10. The van der Waals surface area contributed by atoms with Gasteiger partial charge in [-0.05, 0) is 66.3 Å². The topological polar surface area (TPSA) is 73.4 Å². The Bertz CT molecular complexity index is 432. The predicted molar refractivity (Wildman–Crippen MR) is 89.2 cm³/mol. The highest BCUT2D eigenvalue weighted by Crippen LogP contribution is 2.02. The summed E-state index contributed by atoms with van der Waals surface area (Å²) in [6.45, 7) is 3.45. The summed E-state index contributed by atoms with van der Waals surface area (Å²) in [5.41, 5.74) is 0.351. The van der Waals surface area contributed by atoms with E-state index in [9.17, 15) is 4.79 Å². The zero-order valence-corrected chi connectivity index (χ0v) is 14.1. The lowest BCUT2D eigenvalue weighted by Crippen LogP contribution is -2.28. The lowest BCUT2D eigenvalue weighted by atomic mass is 10.3. The highest BCUT2D eigenvalue weighted by Gasteiger charge is 2.07. The van der Waals surface area contributed by atoms with E-state index in [1.54, 1.807) is 12.1 Å². The molecular weight excluding hydrogens is 280 g/mol. The van der Waals surface area contributed by atoms with Gasteiger partial charge in [-0.15, -0.1) is 10.2 Å². The maximum Gasteiger partial charge on any atom is 0.271 e. The number of hydrogen-bond acceptors (Lipinski definition) is 6. The van der Waals surface area contributed by atoms with Gasteiger partial charge in [0.2, 0.25) is 0 Å². The second-order valence-electron chi connectivity index (χ2n) is 5.80. The lowest BCUT2D eigenvalue weighted by molar-refractivity contribution is 0.0946. The first-order valence-corrected chi connectivity index (χ1v) is 7.64. The van der Waals surface area contributed by atoms with Gasteiger partial charge in [0.25, 0.3) is 5.91 Å². The molecule has 0 unspecified atom stereocenters. The molecule has 22 heavy (non-hydrogen) atoms. The minimum atomic E-state index is -0.176. The quantitative estimate of drug-likeness (QED) is 0.614. The summed E-state index contributed by atoms with van der Waals surface area (Å²) in [5.74, 6) is 0.522. The van der Waals surface area contributed by atoms with Gasteiger partial charge < -0.3 is 20.4 Å². The Labute approximate surface area is 133 Å². The zero-order valence-electron chi connectivity index (χ0n) is 14.1. The van der Waals surface area contributed by atoms with Crippen molar-refractivity contribution < 1.29 is 4.79 Å². The molecule has 0 bridgehead atoms. The van der Waals surface area contributed by atoms with Gasteiger partial charge in [0.05, 0.1) is 0 Å². The van der Waals surface area contributed by atoms with Crippen LogP contribution in [-0.2, 0) is 0 Å². The first-order chi connectivity index (χ1) is 10.5. The van der Waals surface area contributed by atoms with Gasteiger partial charge in [-0.1, -0.05) is 0 Å². The monoisotopic (exact) mass is 308 g/mol. The van der Waals surface area contributed by atoms with E-state index in [0.29, 0.717) is 18.1 Å².